The van der Waals surface area contributed by atoms with Gasteiger partial charge < -0.3 is 20.5 Å². The van der Waals surface area contributed by atoms with Crippen molar-refractivity contribution in [2.75, 3.05) is 35.2 Å². The molecule has 8 heteroatoms. The molecule has 0 radical (unpaired) electrons. The monoisotopic (exact) mass is 460 g/mol. The first-order valence-corrected chi connectivity index (χ1v) is 11.7. The van der Waals surface area contributed by atoms with E-state index in [1.165, 1.54) is 19.3 Å². The number of benzene rings is 1. The van der Waals surface area contributed by atoms with Gasteiger partial charge in [-0.3, -0.25) is 14.6 Å². The van der Waals surface area contributed by atoms with E-state index in [-0.39, 0.29) is 22.6 Å². The summed E-state index contributed by atoms with van der Waals surface area (Å²) < 4.78 is 0. The van der Waals surface area contributed by atoms with Crippen LogP contribution in [0.2, 0.25) is 0 Å². The average molecular weight is 461 g/mol. The fourth-order valence-corrected chi connectivity index (χ4v) is 3.84. The normalized spacial score (nSPS) is 14.0. The number of aromatic amines is 1. The van der Waals surface area contributed by atoms with Crippen molar-refractivity contribution in [2.24, 2.45) is 5.41 Å². The Labute approximate surface area is 199 Å². The van der Waals surface area contributed by atoms with Crippen molar-refractivity contribution in [3.8, 4) is 11.3 Å². The van der Waals surface area contributed by atoms with Gasteiger partial charge in [-0.05, 0) is 55.0 Å². The lowest BCUT2D eigenvalue weighted by atomic mass is 9.97. The average Bonchev–Trinajstić information content (AvgIpc) is 2.84. The second kappa shape index (κ2) is 10.1. The number of hydrogen-bond donors (Lipinski definition) is 3. The number of aromatic nitrogens is 3. The molecular weight excluding hydrogens is 428 g/mol. The molecule has 0 spiro atoms. The first kappa shape index (κ1) is 23.5. The van der Waals surface area contributed by atoms with Gasteiger partial charge in [-0.25, -0.2) is 4.98 Å². The number of rotatable bonds is 6. The van der Waals surface area contributed by atoms with Gasteiger partial charge in [0.25, 0.3) is 11.5 Å². The number of carbonyl (C=O) groups excluding carboxylic acids is 1. The first-order chi connectivity index (χ1) is 16.3. The number of nitrogens with one attached hydrogen (secondary N) is 3. The molecule has 8 nitrogen and oxygen atoms in total. The molecule has 3 aromatic rings. The summed E-state index contributed by atoms with van der Waals surface area (Å²) in [7, 11) is 0. The van der Waals surface area contributed by atoms with E-state index in [4.69, 9.17) is 0 Å². The van der Waals surface area contributed by atoms with Crippen LogP contribution in [0.4, 0.5) is 17.2 Å². The zero-order chi connectivity index (χ0) is 24.1. The highest BCUT2D eigenvalue weighted by molar-refractivity contribution is 6.04. The molecule has 178 valence electrons. The molecule has 0 unspecified atom stereocenters. The van der Waals surface area contributed by atoms with Crippen LogP contribution in [-0.2, 0) is 0 Å². The minimum absolute atomic E-state index is 0.0963. The summed E-state index contributed by atoms with van der Waals surface area (Å²) in [6, 6.07) is 9.15. The third-order valence-electron chi connectivity index (χ3n) is 5.73. The van der Waals surface area contributed by atoms with Crippen LogP contribution in [0.25, 0.3) is 11.3 Å². The SMILES string of the molecule is CC(C)(C)CNc1cncc(-c2c[nH]c(=O)c(NC(=O)c3ccc(N4CCCCC4)cc3)c2)n1. The van der Waals surface area contributed by atoms with E-state index < -0.39 is 0 Å². The van der Waals surface area contributed by atoms with Crippen molar-refractivity contribution in [2.45, 2.75) is 40.0 Å². The van der Waals surface area contributed by atoms with Crippen LogP contribution in [0, 0.1) is 5.41 Å². The molecule has 4 rings (SSSR count). The van der Waals surface area contributed by atoms with E-state index in [9.17, 15) is 9.59 Å². The topological polar surface area (TPSA) is 103 Å². The molecule has 0 bridgehead atoms. The van der Waals surface area contributed by atoms with Crippen molar-refractivity contribution in [3.63, 3.8) is 0 Å². The van der Waals surface area contributed by atoms with E-state index in [1.54, 1.807) is 36.8 Å². The first-order valence-electron chi connectivity index (χ1n) is 11.7. The van der Waals surface area contributed by atoms with Crippen molar-refractivity contribution in [1.82, 2.24) is 15.0 Å². The lowest BCUT2D eigenvalue weighted by Gasteiger charge is -2.28. The molecule has 1 aliphatic heterocycles. The molecule has 2 aromatic heterocycles. The third kappa shape index (κ3) is 6.01. The van der Waals surface area contributed by atoms with Gasteiger partial charge in [-0.2, -0.15) is 0 Å². The van der Waals surface area contributed by atoms with Crippen LogP contribution in [0.5, 0.6) is 0 Å². The lowest BCUT2D eigenvalue weighted by molar-refractivity contribution is 0.102. The molecule has 3 heterocycles. The summed E-state index contributed by atoms with van der Waals surface area (Å²) in [4.78, 5) is 39.1. The van der Waals surface area contributed by atoms with E-state index in [0.29, 0.717) is 22.6 Å². The Bertz CT molecular complexity index is 1190. The number of H-pyrrole nitrogens is 1. The molecule has 1 aromatic carbocycles. The second-order valence-corrected chi connectivity index (χ2v) is 9.88. The van der Waals surface area contributed by atoms with Crippen molar-refractivity contribution in [3.05, 3.63) is 64.8 Å². The molecule has 1 saturated heterocycles. The molecule has 0 saturated carbocycles. The fraction of sp³-hybridized carbons (Fsp3) is 0.385. The Kier molecular flexibility index (Phi) is 6.95. The lowest BCUT2D eigenvalue weighted by Crippen LogP contribution is -2.29. The summed E-state index contributed by atoms with van der Waals surface area (Å²) in [5, 5.41) is 6.02. The summed E-state index contributed by atoms with van der Waals surface area (Å²) >= 11 is 0. The number of pyridine rings is 1. The van der Waals surface area contributed by atoms with Crippen molar-refractivity contribution >= 4 is 23.1 Å². The largest absolute Gasteiger partial charge is 0.372 e. The molecule has 0 atom stereocenters. The van der Waals surface area contributed by atoms with E-state index >= 15 is 0 Å². The minimum atomic E-state index is -0.378. The molecule has 1 fully saturated rings. The summed E-state index contributed by atoms with van der Waals surface area (Å²) in [5.74, 6) is 0.317. The maximum atomic E-state index is 12.8. The fourth-order valence-electron chi connectivity index (χ4n) is 3.84. The highest BCUT2D eigenvalue weighted by Crippen LogP contribution is 2.22. The van der Waals surface area contributed by atoms with Gasteiger partial charge in [0.05, 0.1) is 18.1 Å². The standard InChI is InChI=1S/C26H32N6O2/c1-26(2,3)17-29-23-16-27-15-22(30-23)19-13-21(25(34)28-14-19)31-24(33)18-7-9-20(10-8-18)32-11-5-4-6-12-32/h7-10,13-16H,4-6,11-12,17H2,1-3H3,(H,28,34)(H,29,30)(H,31,33). The predicted octanol–water partition coefficient (Wildman–Crippen LogP) is 4.53. The molecule has 0 aliphatic carbocycles. The Hall–Kier alpha value is -3.68. The van der Waals surface area contributed by atoms with Crippen LogP contribution < -0.4 is 21.1 Å². The maximum Gasteiger partial charge on any atom is 0.271 e. The quantitative estimate of drug-likeness (QED) is 0.499. The summed E-state index contributed by atoms with van der Waals surface area (Å²) in [6.07, 6.45) is 8.53. The van der Waals surface area contributed by atoms with Gasteiger partial charge >= 0.3 is 0 Å². The number of anilines is 3. The Balaban J connectivity index is 1.48. The second-order valence-electron chi connectivity index (χ2n) is 9.88. The number of piperidine rings is 1. The van der Waals surface area contributed by atoms with Gasteiger partial charge in [0.15, 0.2) is 0 Å². The molecule has 1 amide bonds. The van der Waals surface area contributed by atoms with Gasteiger partial charge in [0.2, 0.25) is 0 Å². The third-order valence-corrected chi connectivity index (χ3v) is 5.73. The van der Waals surface area contributed by atoms with Gasteiger partial charge in [0.1, 0.15) is 11.5 Å². The number of hydrogen-bond acceptors (Lipinski definition) is 6. The van der Waals surface area contributed by atoms with Gasteiger partial charge in [0, 0.05) is 42.6 Å². The van der Waals surface area contributed by atoms with Crippen molar-refractivity contribution < 1.29 is 4.79 Å². The van der Waals surface area contributed by atoms with Crippen LogP contribution in [0.3, 0.4) is 0 Å². The van der Waals surface area contributed by atoms with E-state index in [2.05, 4.69) is 51.3 Å². The smallest absolute Gasteiger partial charge is 0.271 e. The molecular formula is C26H32N6O2. The number of nitrogens with zero attached hydrogens (tertiary/aromatic N) is 3. The van der Waals surface area contributed by atoms with Gasteiger partial charge in [-0.1, -0.05) is 20.8 Å². The van der Waals surface area contributed by atoms with Crippen LogP contribution >= 0.6 is 0 Å². The molecule has 3 N–H and O–H groups in total. The van der Waals surface area contributed by atoms with Gasteiger partial charge in [-0.15, -0.1) is 0 Å². The molecule has 1 aliphatic rings. The van der Waals surface area contributed by atoms with Crippen LogP contribution in [0.1, 0.15) is 50.4 Å². The summed E-state index contributed by atoms with van der Waals surface area (Å²) in [6.45, 7) is 9.24. The Morgan fingerprint density at radius 3 is 2.53 bits per heavy atom. The Morgan fingerprint density at radius 2 is 1.82 bits per heavy atom. The van der Waals surface area contributed by atoms with E-state index in [0.717, 1.165) is 25.3 Å². The number of carbonyl (C=O) groups is 1. The van der Waals surface area contributed by atoms with Crippen LogP contribution in [0.15, 0.2) is 53.7 Å². The highest BCUT2D eigenvalue weighted by Gasteiger charge is 2.14. The summed E-state index contributed by atoms with van der Waals surface area (Å²) in [5.41, 5.74) is 2.75. The minimum Gasteiger partial charge on any atom is -0.372 e. The molecule has 34 heavy (non-hydrogen) atoms. The Morgan fingerprint density at radius 1 is 1.09 bits per heavy atom. The number of amides is 1. The zero-order valence-electron chi connectivity index (χ0n) is 20.0. The maximum absolute atomic E-state index is 12.8. The highest BCUT2D eigenvalue weighted by atomic mass is 16.2. The predicted molar refractivity (Wildman–Crippen MR) is 136 cm³/mol. The zero-order valence-corrected chi connectivity index (χ0v) is 20.0. The van der Waals surface area contributed by atoms with Crippen molar-refractivity contribution in [1.29, 1.82) is 0 Å². The van der Waals surface area contributed by atoms with E-state index in [1.807, 2.05) is 12.1 Å². The van der Waals surface area contributed by atoms with Crippen LogP contribution in [-0.4, -0.2) is 40.5 Å².